The number of nitrogens with zero attached hydrogens (tertiary/aromatic N) is 2. The average molecular weight is 364 g/mol. The third-order valence-electron chi connectivity index (χ3n) is 3.81. The highest BCUT2D eigenvalue weighted by Crippen LogP contribution is 2.22. The summed E-state index contributed by atoms with van der Waals surface area (Å²) in [7, 11) is -7.06. The van der Waals surface area contributed by atoms with Crippen molar-refractivity contribution in [2.24, 2.45) is 0 Å². The molecule has 1 aromatic rings. The fourth-order valence-corrected chi connectivity index (χ4v) is 5.74. The Kier molecular flexibility index (Phi) is 5.44. The maximum absolute atomic E-state index is 13.2. The summed E-state index contributed by atoms with van der Waals surface area (Å²) >= 11 is 0. The van der Waals surface area contributed by atoms with Crippen LogP contribution in [0.2, 0.25) is 0 Å². The summed E-state index contributed by atoms with van der Waals surface area (Å²) in [5, 5.41) is 0. The van der Waals surface area contributed by atoms with Gasteiger partial charge in [-0.25, -0.2) is 21.2 Å². The molecule has 0 aliphatic carbocycles. The van der Waals surface area contributed by atoms with E-state index in [2.05, 4.69) is 0 Å². The van der Waals surface area contributed by atoms with Crippen LogP contribution in [0.1, 0.15) is 18.9 Å². The summed E-state index contributed by atoms with van der Waals surface area (Å²) < 4.78 is 65.1. The van der Waals surface area contributed by atoms with Crippen molar-refractivity contribution >= 4 is 20.0 Å². The fraction of sp³-hybridized carbons (Fsp3) is 0.571. The molecule has 0 atom stereocenters. The molecule has 1 fully saturated rings. The Morgan fingerprint density at radius 2 is 1.61 bits per heavy atom. The Morgan fingerprint density at radius 3 is 2.13 bits per heavy atom. The zero-order valence-corrected chi connectivity index (χ0v) is 14.8. The molecule has 6 nitrogen and oxygen atoms in total. The first-order valence-corrected chi connectivity index (χ1v) is 10.5. The molecule has 130 valence electrons. The predicted molar refractivity (Wildman–Crippen MR) is 85.5 cm³/mol. The summed E-state index contributed by atoms with van der Waals surface area (Å²) in [6.45, 7) is 3.81. The summed E-state index contributed by atoms with van der Waals surface area (Å²) in [5.41, 5.74) is 0.339. The SMILES string of the molecule is CCCS(=O)(=O)N1CCN(S(=O)(=O)c2ccc(F)cc2C)CC1. The van der Waals surface area contributed by atoms with Crippen LogP contribution >= 0.6 is 0 Å². The predicted octanol–water partition coefficient (Wildman–Crippen LogP) is 1.18. The van der Waals surface area contributed by atoms with Gasteiger partial charge in [0.2, 0.25) is 20.0 Å². The lowest BCUT2D eigenvalue weighted by Gasteiger charge is -2.33. The van der Waals surface area contributed by atoms with Crippen LogP contribution < -0.4 is 0 Å². The first-order valence-electron chi connectivity index (χ1n) is 7.42. The van der Waals surface area contributed by atoms with E-state index in [9.17, 15) is 21.2 Å². The molecule has 9 heteroatoms. The van der Waals surface area contributed by atoms with Crippen molar-refractivity contribution in [1.29, 1.82) is 0 Å². The molecular formula is C14H21FN2O4S2. The van der Waals surface area contributed by atoms with E-state index in [1.54, 1.807) is 6.92 Å². The number of benzene rings is 1. The molecule has 0 amide bonds. The van der Waals surface area contributed by atoms with E-state index in [1.165, 1.54) is 27.7 Å². The Hall–Kier alpha value is -1.03. The van der Waals surface area contributed by atoms with Gasteiger partial charge in [-0.1, -0.05) is 6.92 Å². The van der Waals surface area contributed by atoms with Crippen molar-refractivity contribution in [1.82, 2.24) is 8.61 Å². The van der Waals surface area contributed by atoms with Crippen LogP contribution in [-0.4, -0.2) is 57.4 Å². The molecule has 0 saturated carbocycles. The first-order chi connectivity index (χ1) is 10.7. The molecule has 0 unspecified atom stereocenters. The van der Waals surface area contributed by atoms with Gasteiger partial charge in [-0.05, 0) is 37.1 Å². The lowest BCUT2D eigenvalue weighted by atomic mass is 10.2. The van der Waals surface area contributed by atoms with E-state index in [0.717, 1.165) is 6.07 Å². The van der Waals surface area contributed by atoms with E-state index in [0.29, 0.717) is 12.0 Å². The minimum absolute atomic E-state index is 0.0590. The van der Waals surface area contributed by atoms with Crippen LogP contribution in [0, 0.1) is 12.7 Å². The maximum atomic E-state index is 13.2. The van der Waals surface area contributed by atoms with Crippen LogP contribution in [0.15, 0.2) is 23.1 Å². The summed E-state index contributed by atoms with van der Waals surface area (Å²) in [6, 6.07) is 3.54. The first kappa shape index (κ1) is 18.3. The van der Waals surface area contributed by atoms with E-state index in [4.69, 9.17) is 0 Å². The number of halogens is 1. The molecule has 0 N–H and O–H groups in total. The lowest BCUT2D eigenvalue weighted by Crippen LogP contribution is -2.50. The highest BCUT2D eigenvalue weighted by atomic mass is 32.2. The molecule has 1 saturated heterocycles. The second kappa shape index (κ2) is 6.84. The van der Waals surface area contributed by atoms with Crippen molar-refractivity contribution in [3.05, 3.63) is 29.6 Å². The number of aryl methyl sites for hydroxylation is 1. The molecule has 0 bridgehead atoms. The van der Waals surface area contributed by atoms with Gasteiger partial charge in [0, 0.05) is 26.2 Å². The summed E-state index contributed by atoms with van der Waals surface area (Å²) in [6.07, 6.45) is 0.523. The van der Waals surface area contributed by atoms with Gasteiger partial charge < -0.3 is 0 Å². The monoisotopic (exact) mass is 364 g/mol. The van der Waals surface area contributed by atoms with Gasteiger partial charge in [0.05, 0.1) is 10.6 Å². The number of hydrogen-bond donors (Lipinski definition) is 0. The van der Waals surface area contributed by atoms with Gasteiger partial charge in [-0.2, -0.15) is 8.61 Å². The van der Waals surface area contributed by atoms with Gasteiger partial charge in [-0.3, -0.25) is 0 Å². The van der Waals surface area contributed by atoms with Crippen molar-refractivity contribution in [2.75, 3.05) is 31.9 Å². The molecule has 0 aromatic heterocycles. The van der Waals surface area contributed by atoms with Crippen LogP contribution in [0.4, 0.5) is 4.39 Å². The lowest BCUT2D eigenvalue weighted by molar-refractivity contribution is 0.272. The third kappa shape index (κ3) is 3.90. The number of sulfonamides is 2. The van der Waals surface area contributed by atoms with Crippen molar-refractivity contribution in [3.63, 3.8) is 0 Å². The van der Waals surface area contributed by atoms with Crippen molar-refractivity contribution in [2.45, 2.75) is 25.2 Å². The van der Waals surface area contributed by atoms with Gasteiger partial charge >= 0.3 is 0 Å². The maximum Gasteiger partial charge on any atom is 0.243 e. The molecule has 1 aliphatic heterocycles. The topological polar surface area (TPSA) is 74.8 Å². The van der Waals surface area contributed by atoms with Gasteiger partial charge in [-0.15, -0.1) is 0 Å². The summed E-state index contributed by atoms with van der Waals surface area (Å²) in [4.78, 5) is 0.0590. The minimum Gasteiger partial charge on any atom is -0.212 e. The fourth-order valence-electron chi connectivity index (χ4n) is 2.62. The molecule has 1 aliphatic rings. The Balaban J connectivity index is 2.16. The van der Waals surface area contributed by atoms with Crippen LogP contribution in [0.5, 0.6) is 0 Å². The van der Waals surface area contributed by atoms with Crippen molar-refractivity contribution < 1.29 is 21.2 Å². The Labute approximate surface area is 137 Å². The van der Waals surface area contributed by atoms with E-state index < -0.39 is 25.9 Å². The largest absolute Gasteiger partial charge is 0.243 e. The van der Waals surface area contributed by atoms with Crippen molar-refractivity contribution in [3.8, 4) is 0 Å². The minimum atomic E-state index is -3.75. The molecule has 1 heterocycles. The number of piperazine rings is 1. The standard InChI is InChI=1S/C14H21FN2O4S2/c1-3-10-22(18,19)16-6-8-17(9-7-16)23(20,21)14-5-4-13(15)11-12(14)2/h4-5,11H,3,6-10H2,1-2H3. The Morgan fingerprint density at radius 1 is 1.04 bits per heavy atom. The van der Waals surface area contributed by atoms with Gasteiger partial charge in [0.1, 0.15) is 5.82 Å². The zero-order chi connectivity index (χ0) is 17.3. The molecule has 23 heavy (non-hydrogen) atoms. The zero-order valence-electron chi connectivity index (χ0n) is 13.2. The van der Waals surface area contributed by atoms with Crippen LogP contribution in [0.25, 0.3) is 0 Å². The molecule has 1 aromatic carbocycles. The number of hydrogen-bond acceptors (Lipinski definition) is 4. The quantitative estimate of drug-likeness (QED) is 0.786. The molecule has 0 radical (unpaired) electrons. The number of rotatable bonds is 5. The second-order valence-corrected chi connectivity index (χ2v) is 9.52. The summed E-state index contributed by atoms with van der Waals surface area (Å²) in [5.74, 6) is -0.423. The average Bonchev–Trinajstić information content (AvgIpc) is 2.47. The second-order valence-electron chi connectivity index (χ2n) is 5.53. The van der Waals surface area contributed by atoms with E-state index >= 15 is 0 Å². The normalized spacial score (nSPS) is 18.2. The molecular weight excluding hydrogens is 343 g/mol. The highest BCUT2D eigenvalue weighted by Gasteiger charge is 2.33. The van der Waals surface area contributed by atoms with Gasteiger partial charge in [0.15, 0.2) is 0 Å². The highest BCUT2D eigenvalue weighted by molar-refractivity contribution is 7.89. The van der Waals surface area contributed by atoms with Crippen LogP contribution in [-0.2, 0) is 20.0 Å². The molecule has 2 rings (SSSR count). The molecule has 0 spiro atoms. The van der Waals surface area contributed by atoms with Crippen LogP contribution in [0.3, 0.4) is 0 Å². The Bertz CT molecular complexity index is 770. The van der Waals surface area contributed by atoms with E-state index in [-0.39, 0.29) is 36.8 Å². The van der Waals surface area contributed by atoms with Gasteiger partial charge in [0.25, 0.3) is 0 Å². The van der Waals surface area contributed by atoms with E-state index in [1.807, 2.05) is 0 Å². The third-order valence-corrected chi connectivity index (χ3v) is 7.94. The smallest absolute Gasteiger partial charge is 0.212 e.